The molecule has 1 aliphatic heterocycles. The Kier molecular flexibility index (Phi) is 5.63. The molecule has 1 fully saturated rings. The summed E-state index contributed by atoms with van der Waals surface area (Å²) in [4.78, 5) is 0. The van der Waals surface area contributed by atoms with Crippen LogP contribution in [0.4, 0.5) is 0 Å². The summed E-state index contributed by atoms with van der Waals surface area (Å²) in [5, 5.41) is 11.9. The number of fused-ring (bicyclic) bond motifs is 1. The fourth-order valence-corrected chi connectivity index (χ4v) is 5.11. The van der Waals surface area contributed by atoms with E-state index in [-0.39, 0.29) is 17.6 Å². The lowest BCUT2D eigenvalue weighted by molar-refractivity contribution is -0.0216. The summed E-state index contributed by atoms with van der Waals surface area (Å²) in [5.74, 6) is 1.05. The molecule has 1 N–H and O–H groups in total. The van der Waals surface area contributed by atoms with E-state index in [0.29, 0.717) is 12.4 Å². The summed E-state index contributed by atoms with van der Waals surface area (Å²) in [6.45, 7) is 4.79. The molecule has 0 unspecified atom stereocenters. The third kappa shape index (κ3) is 4.23. The molecule has 4 nitrogen and oxygen atoms in total. The fraction of sp³-hybridized carbons (Fsp3) is 0.310. The third-order valence-corrected chi connectivity index (χ3v) is 6.72. The molecule has 2 atom stereocenters. The average Bonchev–Trinajstić information content (AvgIpc) is 3.34. The van der Waals surface area contributed by atoms with Crippen molar-refractivity contribution in [2.75, 3.05) is 0 Å². The number of rotatable bonds is 6. The van der Waals surface area contributed by atoms with Crippen molar-refractivity contribution in [1.29, 1.82) is 0 Å². The highest BCUT2D eigenvalue weighted by atomic mass is 16.5. The summed E-state index contributed by atoms with van der Waals surface area (Å²) in [5.41, 5.74) is 4.08. The molecular formula is C29H31NO3. The second kappa shape index (κ2) is 8.60. The van der Waals surface area contributed by atoms with Crippen LogP contribution in [0.5, 0.6) is 11.5 Å². The monoisotopic (exact) mass is 441 g/mol. The normalized spacial score (nSPS) is 18.5. The van der Waals surface area contributed by atoms with Gasteiger partial charge in [-0.1, -0.05) is 54.6 Å². The van der Waals surface area contributed by atoms with E-state index < -0.39 is 0 Å². The summed E-state index contributed by atoms with van der Waals surface area (Å²) in [6, 6.07) is 24.0. The van der Waals surface area contributed by atoms with Crippen LogP contribution in [-0.4, -0.2) is 21.4 Å². The van der Waals surface area contributed by atoms with Crippen LogP contribution in [0.25, 0.3) is 10.9 Å². The Bertz CT molecular complexity index is 1260. The fourth-order valence-electron chi connectivity index (χ4n) is 5.11. The minimum Gasteiger partial charge on any atom is -0.508 e. The van der Waals surface area contributed by atoms with Crippen LogP contribution in [0, 0.1) is 0 Å². The van der Waals surface area contributed by atoms with Crippen LogP contribution in [0.3, 0.4) is 0 Å². The van der Waals surface area contributed by atoms with E-state index in [9.17, 15) is 5.11 Å². The molecule has 5 rings (SSSR count). The van der Waals surface area contributed by atoms with Crippen molar-refractivity contribution < 1.29 is 14.6 Å². The first-order chi connectivity index (χ1) is 15.9. The van der Waals surface area contributed by atoms with E-state index in [1.165, 1.54) is 0 Å². The molecule has 170 valence electrons. The number of phenolic OH excluding ortho intramolecular Hbond substituents is 1. The van der Waals surface area contributed by atoms with E-state index in [4.69, 9.17) is 9.47 Å². The SMILES string of the molecule is Cn1cc([C@@H](c2ccccc2O)[C@@H]2CCC(C)(C)O2)c2c(OCc3ccccc3)cccc21. The highest BCUT2D eigenvalue weighted by molar-refractivity contribution is 5.91. The first-order valence-corrected chi connectivity index (χ1v) is 11.6. The highest BCUT2D eigenvalue weighted by Gasteiger charge is 2.40. The van der Waals surface area contributed by atoms with Crippen molar-refractivity contribution in [2.24, 2.45) is 7.05 Å². The molecular weight excluding hydrogens is 410 g/mol. The van der Waals surface area contributed by atoms with Crippen LogP contribution in [0.1, 0.15) is 49.3 Å². The van der Waals surface area contributed by atoms with Crippen LogP contribution in [-0.2, 0) is 18.4 Å². The molecule has 4 heteroatoms. The van der Waals surface area contributed by atoms with Gasteiger partial charge >= 0.3 is 0 Å². The molecule has 0 spiro atoms. The van der Waals surface area contributed by atoms with Crippen molar-refractivity contribution in [3.05, 3.63) is 95.7 Å². The van der Waals surface area contributed by atoms with Gasteiger partial charge in [-0.2, -0.15) is 0 Å². The zero-order valence-electron chi connectivity index (χ0n) is 19.5. The van der Waals surface area contributed by atoms with Crippen molar-refractivity contribution >= 4 is 10.9 Å². The van der Waals surface area contributed by atoms with Gasteiger partial charge in [0.05, 0.1) is 17.2 Å². The van der Waals surface area contributed by atoms with Crippen molar-refractivity contribution in [3.8, 4) is 11.5 Å². The highest BCUT2D eigenvalue weighted by Crippen LogP contribution is 2.46. The van der Waals surface area contributed by atoms with Crippen molar-refractivity contribution in [3.63, 3.8) is 0 Å². The maximum absolute atomic E-state index is 10.8. The predicted octanol–water partition coefficient (Wildman–Crippen LogP) is 6.55. The third-order valence-electron chi connectivity index (χ3n) is 6.72. The van der Waals surface area contributed by atoms with Gasteiger partial charge in [-0.05, 0) is 56.0 Å². The second-order valence-electron chi connectivity index (χ2n) is 9.61. The lowest BCUT2D eigenvalue weighted by Crippen LogP contribution is -2.25. The Morgan fingerprint density at radius 1 is 1.00 bits per heavy atom. The molecule has 1 aromatic heterocycles. The molecule has 1 aliphatic rings. The second-order valence-corrected chi connectivity index (χ2v) is 9.61. The van der Waals surface area contributed by atoms with E-state index in [1.807, 2.05) is 48.5 Å². The number of para-hydroxylation sites is 1. The lowest BCUT2D eigenvalue weighted by atomic mass is 9.84. The van der Waals surface area contributed by atoms with Crippen molar-refractivity contribution in [2.45, 2.75) is 50.9 Å². The van der Waals surface area contributed by atoms with Crippen molar-refractivity contribution in [1.82, 2.24) is 4.57 Å². The summed E-state index contributed by atoms with van der Waals surface area (Å²) >= 11 is 0. The number of nitrogens with zero attached hydrogens (tertiary/aromatic N) is 1. The number of hydrogen-bond acceptors (Lipinski definition) is 3. The number of phenols is 1. The number of hydrogen-bond donors (Lipinski definition) is 1. The van der Waals surface area contributed by atoms with Crippen LogP contribution in [0.2, 0.25) is 0 Å². The molecule has 1 saturated heterocycles. The van der Waals surface area contributed by atoms with Gasteiger partial charge < -0.3 is 19.1 Å². The maximum Gasteiger partial charge on any atom is 0.129 e. The molecule has 0 amide bonds. The molecule has 2 heterocycles. The number of aromatic hydroxyl groups is 1. The number of ether oxygens (including phenoxy) is 2. The Labute approximate surface area is 195 Å². The number of benzene rings is 3. The van der Waals surface area contributed by atoms with Crippen LogP contribution < -0.4 is 4.74 Å². The minimum atomic E-state index is -0.176. The molecule has 0 bridgehead atoms. The van der Waals surface area contributed by atoms with Gasteiger partial charge in [0.25, 0.3) is 0 Å². The van der Waals surface area contributed by atoms with Gasteiger partial charge in [0.2, 0.25) is 0 Å². The Morgan fingerprint density at radius 2 is 1.76 bits per heavy atom. The first kappa shape index (κ1) is 21.6. The van der Waals surface area contributed by atoms with E-state index in [2.05, 4.69) is 49.9 Å². The topological polar surface area (TPSA) is 43.6 Å². The first-order valence-electron chi connectivity index (χ1n) is 11.6. The quantitative estimate of drug-likeness (QED) is 0.369. The maximum atomic E-state index is 10.8. The standard InChI is InChI=1S/C29H31NO3/c1-29(2)17-16-26(33-29)27(21-12-7-8-14-24(21)31)22-18-30(3)23-13-9-15-25(28(22)23)32-19-20-10-5-4-6-11-20/h4-15,18,26-27,31H,16-17,19H2,1-3H3/t26-,27+/m0/s1. The Morgan fingerprint density at radius 3 is 2.48 bits per heavy atom. The molecule has 0 saturated carbocycles. The van der Waals surface area contributed by atoms with Gasteiger partial charge in [0.15, 0.2) is 0 Å². The predicted molar refractivity (Wildman–Crippen MR) is 132 cm³/mol. The Hall–Kier alpha value is -3.24. The van der Waals surface area contributed by atoms with Gasteiger partial charge in [-0.15, -0.1) is 0 Å². The van der Waals surface area contributed by atoms with Gasteiger partial charge in [-0.3, -0.25) is 0 Å². The average molecular weight is 442 g/mol. The number of aryl methyl sites for hydroxylation is 1. The van der Waals surface area contributed by atoms with Crippen LogP contribution in [0.15, 0.2) is 79.0 Å². The van der Waals surface area contributed by atoms with E-state index >= 15 is 0 Å². The van der Waals surface area contributed by atoms with Crippen LogP contribution >= 0.6 is 0 Å². The minimum absolute atomic E-state index is 0.0268. The molecule has 0 aliphatic carbocycles. The van der Waals surface area contributed by atoms with E-state index in [0.717, 1.165) is 46.2 Å². The summed E-state index contributed by atoms with van der Waals surface area (Å²) in [6.07, 6.45) is 4.08. The largest absolute Gasteiger partial charge is 0.508 e. The molecule has 4 aromatic rings. The number of aromatic nitrogens is 1. The lowest BCUT2D eigenvalue weighted by Gasteiger charge is -2.27. The zero-order chi connectivity index (χ0) is 23.0. The Balaban J connectivity index is 1.63. The summed E-state index contributed by atoms with van der Waals surface area (Å²) < 4.78 is 15.0. The molecule has 33 heavy (non-hydrogen) atoms. The smallest absolute Gasteiger partial charge is 0.129 e. The van der Waals surface area contributed by atoms with Gasteiger partial charge in [0, 0.05) is 30.1 Å². The molecule has 0 radical (unpaired) electrons. The van der Waals surface area contributed by atoms with E-state index in [1.54, 1.807) is 6.07 Å². The zero-order valence-corrected chi connectivity index (χ0v) is 19.5. The van der Waals surface area contributed by atoms with Gasteiger partial charge in [0.1, 0.15) is 18.1 Å². The summed E-state index contributed by atoms with van der Waals surface area (Å²) in [7, 11) is 2.06. The van der Waals surface area contributed by atoms with Gasteiger partial charge in [-0.25, -0.2) is 0 Å². The molecule has 3 aromatic carbocycles.